The summed E-state index contributed by atoms with van der Waals surface area (Å²) in [7, 11) is -3.78. The van der Waals surface area contributed by atoms with Crippen molar-refractivity contribution in [1.82, 2.24) is 0 Å². The number of ketones is 1. The maximum absolute atomic E-state index is 12.5. The summed E-state index contributed by atoms with van der Waals surface area (Å²) in [5.74, 6) is -0.489. The van der Waals surface area contributed by atoms with Gasteiger partial charge in [0.2, 0.25) is 0 Å². The van der Waals surface area contributed by atoms with E-state index in [2.05, 4.69) is 0 Å². The van der Waals surface area contributed by atoms with Crippen molar-refractivity contribution in [3.8, 4) is 0 Å². The fourth-order valence-corrected chi connectivity index (χ4v) is 3.60. The summed E-state index contributed by atoms with van der Waals surface area (Å²) < 4.78 is 25.0. The van der Waals surface area contributed by atoms with E-state index in [-0.39, 0.29) is 10.5 Å². The van der Waals surface area contributed by atoms with Gasteiger partial charge in [0, 0.05) is 15.6 Å². The van der Waals surface area contributed by atoms with Crippen molar-refractivity contribution >= 4 is 38.8 Å². The quantitative estimate of drug-likeness (QED) is 0.765. The summed E-state index contributed by atoms with van der Waals surface area (Å²) in [6, 6.07) is 10.5. The minimum atomic E-state index is -3.78. The summed E-state index contributed by atoms with van der Waals surface area (Å²) in [6.07, 6.45) is 0. The van der Waals surface area contributed by atoms with Crippen LogP contribution in [-0.4, -0.2) is 19.5 Å². The van der Waals surface area contributed by atoms with Crippen LogP contribution in [0.15, 0.2) is 47.4 Å². The van der Waals surface area contributed by atoms with Gasteiger partial charge in [0.05, 0.1) is 4.90 Å². The molecule has 2 aromatic rings. The van der Waals surface area contributed by atoms with Crippen molar-refractivity contribution in [2.45, 2.75) is 24.0 Å². The highest BCUT2D eigenvalue weighted by Crippen LogP contribution is 2.23. The molecule has 3 nitrogen and oxygen atoms in total. The summed E-state index contributed by atoms with van der Waals surface area (Å²) >= 11 is 11.8. The zero-order valence-corrected chi connectivity index (χ0v) is 14.3. The van der Waals surface area contributed by atoms with Crippen LogP contribution in [0.3, 0.4) is 0 Å². The summed E-state index contributed by atoms with van der Waals surface area (Å²) in [5, 5.41) is -0.336. The minimum absolute atomic E-state index is 0.0657. The Morgan fingerprint density at radius 2 is 1.64 bits per heavy atom. The molecule has 1 atom stereocenters. The summed E-state index contributed by atoms with van der Waals surface area (Å²) in [6.45, 7) is 3.19. The third-order valence-corrected chi connectivity index (χ3v) is 6.17. The SMILES string of the molecule is Cc1ccc(C(=O)[C@@H](C)S(=O)(=O)c2ccc(Cl)cc2)cc1Cl. The molecule has 2 aromatic carbocycles. The number of hydrogen-bond donors (Lipinski definition) is 0. The molecule has 0 heterocycles. The summed E-state index contributed by atoms with van der Waals surface area (Å²) in [4.78, 5) is 12.5. The summed E-state index contributed by atoms with van der Waals surface area (Å²) in [5.41, 5.74) is 1.10. The Morgan fingerprint density at radius 3 is 2.18 bits per heavy atom. The first-order valence-corrected chi connectivity index (χ1v) is 8.83. The molecule has 116 valence electrons. The van der Waals surface area contributed by atoms with E-state index in [4.69, 9.17) is 23.2 Å². The third kappa shape index (κ3) is 3.35. The van der Waals surface area contributed by atoms with Crippen molar-refractivity contribution < 1.29 is 13.2 Å². The lowest BCUT2D eigenvalue weighted by molar-refractivity contribution is 0.0991. The maximum atomic E-state index is 12.5. The Balaban J connectivity index is 2.37. The molecule has 6 heteroatoms. The van der Waals surface area contributed by atoms with Crippen LogP contribution in [0.5, 0.6) is 0 Å². The Kier molecular flexibility index (Phi) is 4.95. The average Bonchev–Trinajstić information content (AvgIpc) is 2.49. The molecule has 0 aromatic heterocycles. The molecular weight excluding hydrogens is 343 g/mol. The van der Waals surface area contributed by atoms with Crippen molar-refractivity contribution in [2.24, 2.45) is 0 Å². The highest BCUT2D eigenvalue weighted by Gasteiger charge is 2.30. The second-order valence-corrected chi connectivity index (χ2v) is 8.08. The third-order valence-electron chi connectivity index (χ3n) is 3.43. The van der Waals surface area contributed by atoms with Crippen LogP contribution in [0, 0.1) is 6.92 Å². The van der Waals surface area contributed by atoms with Gasteiger partial charge in [-0.1, -0.05) is 35.3 Å². The lowest BCUT2D eigenvalue weighted by Crippen LogP contribution is -2.27. The topological polar surface area (TPSA) is 51.2 Å². The normalized spacial score (nSPS) is 12.9. The Morgan fingerprint density at radius 1 is 1.05 bits per heavy atom. The smallest absolute Gasteiger partial charge is 0.188 e. The van der Waals surface area contributed by atoms with E-state index in [1.807, 2.05) is 6.92 Å². The van der Waals surface area contributed by atoms with Gasteiger partial charge in [-0.25, -0.2) is 8.42 Å². The number of carbonyl (C=O) groups excluding carboxylic acids is 1. The molecule has 0 aliphatic carbocycles. The molecule has 0 saturated carbocycles. The predicted octanol–water partition coefficient (Wildman–Crippen LogP) is 4.35. The number of halogens is 2. The number of benzene rings is 2. The van der Waals surface area contributed by atoms with Crippen LogP contribution in [0.1, 0.15) is 22.8 Å². The number of Topliss-reactive ketones (excluding diaryl/α,β-unsaturated/α-hetero) is 1. The lowest BCUT2D eigenvalue weighted by atomic mass is 10.1. The fraction of sp³-hybridized carbons (Fsp3) is 0.188. The first-order chi connectivity index (χ1) is 10.2. The van der Waals surface area contributed by atoms with E-state index >= 15 is 0 Å². The van der Waals surface area contributed by atoms with Gasteiger partial charge in [-0.2, -0.15) is 0 Å². The van der Waals surface area contributed by atoms with Gasteiger partial charge in [-0.3, -0.25) is 4.79 Å². The zero-order chi connectivity index (χ0) is 16.5. The van der Waals surface area contributed by atoms with E-state index < -0.39 is 20.9 Å². The van der Waals surface area contributed by atoms with Gasteiger partial charge in [0.1, 0.15) is 5.25 Å². The molecule has 0 N–H and O–H groups in total. The molecule has 0 unspecified atom stereocenters. The van der Waals surface area contributed by atoms with Crippen molar-refractivity contribution in [2.75, 3.05) is 0 Å². The molecular formula is C16H14Cl2O3S. The van der Waals surface area contributed by atoms with Gasteiger partial charge in [-0.15, -0.1) is 0 Å². The molecule has 0 saturated heterocycles. The Labute approximate surface area is 139 Å². The van der Waals surface area contributed by atoms with Crippen LogP contribution in [0.25, 0.3) is 0 Å². The number of rotatable bonds is 4. The molecule has 0 radical (unpaired) electrons. The van der Waals surface area contributed by atoms with Crippen LogP contribution in [0.4, 0.5) is 0 Å². The van der Waals surface area contributed by atoms with Gasteiger partial charge in [0.25, 0.3) is 0 Å². The van der Waals surface area contributed by atoms with Crippen LogP contribution in [-0.2, 0) is 9.84 Å². The van der Waals surface area contributed by atoms with E-state index in [1.54, 1.807) is 12.1 Å². The highest BCUT2D eigenvalue weighted by atomic mass is 35.5. The molecule has 0 aliphatic heterocycles. The number of aryl methyl sites for hydroxylation is 1. The second-order valence-electron chi connectivity index (χ2n) is 4.97. The number of carbonyl (C=O) groups is 1. The van der Waals surface area contributed by atoms with Gasteiger partial charge < -0.3 is 0 Å². The van der Waals surface area contributed by atoms with E-state index in [9.17, 15) is 13.2 Å². The van der Waals surface area contributed by atoms with Crippen LogP contribution in [0.2, 0.25) is 10.0 Å². The largest absolute Gasteiger partial charge is 0.293 e. The monoisotopic (exact) mass is 356 g/mol. The first-order valence-electron chi connectivity index (χ1n) is 6.53. The van der Waals surface area contributed by atoms with Gasteiger partial charge in [-0.05, 0) is 49.7 Å². The Hall–Kier alpha value is -1.36. The molecule has 0 amide bonds. The Bertz CT molecular complexity index is 812. The van der Waals surface area contributed by atoms with E-state index in [0.29, 0.717) is 10.0 Å². The zero-order valence-electron chi connectivity index (χ0n) is 12.0. The van der Waals surface area contributed by atoms with E-state index in [0.717, 1.165) is 5.56 Å². The van der Waals surface area contributed by atoms with Crippen molar-refractivity contribution in [3.63, 3.8) is 0 Å². The number of hydrogen-bond acceptors (Lipinski definition) is 3. The fourth-order valence-electron chi connectivity index (χ4n) is 1.95. The highest BCUT2D eigenvalue weighted by molar-refractivity contribution is 7.92. The van der Waals surface area contributed by atoms with E-state index in [1.165, 1.54) is 37.3 Å². The molecule has 0 fully saturated rings. The molecule has 0 aliphatic rings. The molecule has 0 bridgehead atoms. The predicted molar refractivity (Wildman–Crippen MR) is 88.6 cm³/mol. The van der Waals surface area contributed by atoms with Gasteiger partial charge in [0.15, 0.2) is 15.6 Å². The molecule has 22 heavy (non-hydrogen) atoms. The molecule has 0 spiro atoms. The first kappa shape index (κ1) is 17.0. The number of sulfone groups is 1. The van der Waals surface area contributed by atoms with Crippen molar-refractivity contribution in [1.29, 1.82) is 0 Å². The van der Waals surface area contributed by atoms with Crippen LogP contribution < -0.4 is 0 Å². The average molecular weight is 357 g/mol. The van der Waals surface area contributed by atoms with Crippen LogP contribution >= 0.6 is 23.2 Å². The molecule has 2 rings (SSSR count). The van der Waals surface area contributed by atoms with Crippen molar-refractivity contribution in [3.05, 3.63) is 63.6 Å². The van der Waals surface area contributed by atoms with Gasteiger partial charge >= 0.3 is 0 Å². The second kappa shape index (κ2) is 6.41. The standard InChI is InChI=1S/C16H14Cl2O3S/c1-10-3-4-12(9-15(10)18)16(19)11(2)22(20,21)14-7-5-13(17)6-8-14/h3-9,11H,1-2H3/t11-/m1/s1. The minimum Gasteiger partial charge on any atom is -0.293 e. The lowest BCUT2D eigenvalue weighted by Gasteiger charge is -2.13. The maximum Gasteiger partial charge on any atom is 0.188 e.